The first-order chi connectivity index (χ1) is 5.71. The van der Waals surface area contributed by atoms with E-state index in [4.69, 9.17) is 9.15 Å². The second-order valence-corrected chi connectivity index (χ2v) is 3.84. The number of halogens is 1. The fourth-order valence-corrected chi connectivity index (χ4v) is 1.75. The average Bonchev–Trinajstić information content (AvgIpc) is 2.59. The van der Waals surface area contributed by atoms with Gasteiger partial charge in [0.2, 0.25) is 0 Å². The van der Waals surface area contributed by atoms with Crippen LogP contribution >= 0.6 is 15.9 Å². The van der Waals surface area contributed by atoms with Crippen LogP contribution < -0.4 is 0 Å². The molecule has 0 spiro atoms. The molecule has 0 saturated carbocycles. The number of oxazole rings is 1. The summed E-state index contributed by atoms with van der Waals surface area (Å²) in [5, 5.41) is 0. The summed E-state index contributed by atoms with van der Waals surface area (Å²) in [5.41, 5.74) is -0.251. The van der Waals surface area contributed by atoms with Gasteiger partial charge in [0.05, 0.1) is 6.20 Å². The standard InChI is InChI=1S/C8H10BrNO2/c1-8(3-2-4-11-8)6-5-10-7(9)12-6/h5H,2-4H2,1H3. The van der Waals surface area contributed by atoms with E-state index in [-0.39, 0.29) is 5.60 Å². The Morgan fingerprint density at radius 3 is 3.00 bits per heavy atom. The SMILES string of the molecule is CC1(c2cnc(Br)o2)CCCO1. The van der Waals surface area contributed by atoms with E-state index < -0.39 is 0 Å². The van der Waals surface area contributed by atoms with E-state index >= 15 is 0 Å². The normalized spacial score (nSPS) is 29.5. The first kappa shape index (κ1) is 8.26. The van der Waals surface area contributed by atoms with Crippen LogP contribution in [0.2, 0.25) is 0 Å². The minimum absolute atomic E-state index is 0.251. The van der Waals surface area contributed by atoms with Crippen molar-refractivity contribution >= 4 is 15.9 Å². The topological polar surface area (TPSA) is 35.3 Å². The Kier molecular flexibility index (Phi) is 1.96. The van der Waals surface area contributed by atoms with E-state index in [2.05, 4.69) is 20.9 Å². The quantitative estimate of drug-likeness (QED) is 0.745. The summed E-state index contributed by atoms with van der Waals surface area (Å²) >= 11 is 3.17. The molecule has 2 heterocycles. The summed E-state index contributed by atoms with van der Waals surface area (Å²) in [7, 11) is 0. The van der Waals surface area contributed by atoms with Crippen molar-refractivity contribution in [3.05, 3.63) is 16.8 Å². The highest BCUT2D eigenvalue weighted by atomic mass is 79.9. The summed E-state index contributed by atoms with van der Waals surface area (Å²) in [6.07, 6.45) is 3.82. The fraction of sp³-hybridized carbons (Fsp3) is 0.625. The first-order valence-electron chi connectivity index (χ1n) is 3.96. The van der Waals surface area contributed by atoms with Crippen molar-refractivity contribution in [2.75, 3.05) is 6.61 Å². The molecule has 3 nitrogen and oxygen atoms in total. The van der Waals surface area contributed by atoms with Gasteiger partial charge in [0.25, 0.3) is 4.80 Å². The van der Waals surface area contributed by atoms with E-state index in [9.17, 15) is 0 Å². The van der Waals surface area contributed by atoms with E-state index in [0.29, 0.717) is 4.80 Å². The van der Waals surface area contributed by atoms with Crippen LogP contribution in [0.25, 0.3) is 0 Å². The molecular weight excluding hydrogens is 222 g/mol. The van der Waals surface area contributed by atoms with Crippen LogP contribution in [-0.4, -0.2) is 11.6 Å². The van der Waals surface area contributed by atoms with Gasteiger partial charge in [-0.1, -0.05) is 0 Å². The summed E-state index contributed by atoms with van der Waals surface area (Å²) < 4.78 is 10.9. The van der Waals surface area contributed by atoms with E-state index in [0.717, 1.165) is 25.2 Å². The molecule has 0 aromatic carbocycles. The molecule has 1 saturated heterocycles. The molecular formula is C8H10BrNO2. The summed E-state index contributed by atoms with van der Waals surface area (Å²) in [6.45, 7) is 2.85. The molecule has 2 rings (SSSR count). The molecule has 1 aliphatic heterocycles. The second-order valence-electron chi connectivity index (χ2n) is 3.16. The molecule has 1 aliphatic rings. The zero-order chi connectivity index (χ0) is 8.60. The van der Waals surface area contributed by atoms with E-state index in [1.54, 1.807) is 6.20 Å². The van der Waals surface area contributed by atoms with Crippen LogP contribution in [0.5, 0.6) is 0 Å². The average molecular weight is 232 g/mol. The molecule has 66 valence electrons. The van der Waals surface area contributed by atoms with Gasteiger partial charge >= 0.3 is 0 Å². The van der Waals surface area contributed by atoms with Crippen LogP contribution in [0.1, 0.15) is 25.5 Å². The highest BCUT2D eigenvalue weighted by Crippen LogP contribution is 2.36. The molecule has 1 fully saturated rings. The highest BCUT2D eigenvalue weighted by molar-refractivity contribution is 9.10. The van der Waals surface area contributed by atoms with Crippen LogP contribution in [-0.2, 0) is 10.3 Å². The number of ether oxygens (including phenoxy) is 1. The molecule has 0 aliphatic carbocycles. The Morgan fingerprint density at radius 2 is 2.50 bits per heavy atom. The lowest BCUT2D eigenvalue weighted by molar-refractivity contribution is -0.00149. The number of aromatic nitrogens is 1. The van der Waals surface area contributed by atoms with Crippen molar-refractivity contribution < 1.29 is 9.15 Å². The predicted octanol–water partition coefficient (Wildman–Crippen LogP) is 2.46. The molecule has 0 N–H and O–H groups in total. The molecule has 1 aromatic heterocycles. The number of nitrogens with zero attached hydrogens (tertiary/aromatic N) is 1. The van der Waals surface area contributed by atoms with Crippen molar-refractivity contribution in [1.29, 1.82) is 0 Å². The highest BCUT2D eigenvalue weighted by Gasteiger charge is 2.35. The fourth-order valence-electron chi connectivity index (χ4n) is 1.47. The van der Waals surface area contributed by atoms with Crippen molar-refractivity contribution in [3.8, 4) is 0 Å². The molecule has 1 atom stereocenters. The molecule has 1 aromatic rings. The van der Waals surface area contributed by atoms with E-state index in [1.165, 1.54) is 0 Å². The largest absolute Gasteiger partial charge is 0.433 e. The Morgan fingerprint density at radius 1 is 1.67 bits per heavy atom. The number of hydrogen-bond acceptors (Lipinski definition) is 3. The molecule has 1 unspecified atom stereocenters. The maximum atomic E-state index is 5.59. The van der Waals surface area contributed by atoms with Gasteiger partial charge in [-0.2, -0.15) is 0 Å². The zero-order valence-corrected chi connectivity index (χ0v) is 8.43. The summed E-state index contributed by atoms with van der Waals surface area (Å²) in [6, 6.07) is 0. The minimum atomic E-state index is -0.251. The van der Waals surface area contributed by atoms with Gasteiger partial charge in [0, 0.05) is 22.5 Å². The molecule has 0 amide bonds. The molecule has 0 radical (unpaired) electrons. The summed E-state index contributed by atoms with van der Waals surface area (Å²) in [4.78, 5) is 4.50. The molecule has 12 heavy (non-hydrogen) atoms. The number of rotatable bonds is 1. The Hall–Kier alpha value is -0.350. The maximum Gasteiger partial charge on any atom is 0.264 e. The van der Waals surface area contributed by atoms with Gasteiger partial charge in [-0.3, -0.25) is 0 Å². The predicted molar refractivity (Wildman–Crippen MR) is 46.7 cm³/mol. The van der Waals surface area contributed by atoms with Gasteiger partial charge in [-0.15, -0.1) is 0 Å². The van der Waals surface area contributed by atoms with Gasteiger partial charge in [0.15, 0.2) is 5.76 Å². The lowest BCUT2D eigenvalue weighted by atomic mass is 10.0. The smallest absolute Gasteiger partial charge is 0.264 e. The Labute approximate surface area is 79.2 Å². The minimum Gasteiger partial charge on any atom is -0.433 e. The van der Waals surface area contributed by atoms with Gasteiger partial charge in [0.1, 0.15) is 5.60 Å². The van der Waals surface area contributed by atoms with Crippen LogP contribution in [0.4, 0.5) is 0 Å². The first-order valence-corrected chi connectivity index (χ1v) is 4.76. The van der Waals surface area contributed by atoms with E-state index in [1.807, 2.05) is 6.92 Å². The Balaban J connectivity index is 2.28. The lowest BCUT2D eigenvalue weighted by Gasteiger charge is -2.18. The molecule has 0 bridgehead atoms. The monoisotopic (exact) mass is 231 g/mol. The van der Waals surface area contributed by atoms with Crippen LogP contribution in [0, 0.1) is 0 Å². The maximum absolute atomic E-state index is 5.59. The third kappa shape index (κ3) is 1.29. The lowest BCUT2D eigenvalue weighted by Crippen LogP contribution is -2.18. The summed E-state index contributed by atoms with van der Waals surface area (Å²) in [5.74, 6) is 0.812. The third-order valence-corrected chi connectivity index (χ3v) is 2.58. The van der Waals surface area contributed by atoms with Crippen LogP contribution in [0.15, 0.2) is 15.4 Å². The number of hydrogen-bond donors (Lipinski definition) is 0. The van der Waals surface area contributed by atoms with Crippen molar-refractivity contribution in [1.82, 2.24) is 4.98 Å². The van der Waals surface area contributed by atoms with Gasteiger partial charge in [-0.05, 0) is 19.8 Å². The second kappa shape index (κ2) is 2.85. The third-order valence-electron chi connectivity index (χ3n) is 2.22. The van der Waals surface area contributed by atoms with Crippen molar-refractivity contribution in [2.45, 2.75) is 25.4 Å². The molecule has 4 heteroatoms. The van der Waals surface area contributed by atoms with Crippen LogP contribution in [0.3, 0.4) is 0 Å². The Bertz CT molecular complexity index is 278. The van der Waals surface area contributed by atoms with Gasteiger partial charge in [-0.25, -0.2) is 4.98 Å². The van der Waals surface area contributed by atoms with Crippen molar-refractivity contribution in [2.24, 2.45) is 0 Å². The van der Waals surface area contributed by atoms with Crippen molar-refractivity contribution in [3.63, 3.8) is 0 Å². The van der Waals surface area contributed by atoms with Gasteiger partial charge < -0.3 is 9.15 Å². The zero-order valence-electron chi connectivity index (χ0n) is 6.84.